The van der Waals surface area contributed by atoms with Crippen molar-refractivity contribution in [3.05, 3.63) is 53.9 Å². The summed E-state index contributed by atoms with van der Waals surface area (Å²) in [5.74, 6) is -2.66. The van der Waals surface area contributed by atoms with Gasteiger partial charge in [0.1, 0.15) is 6.54 Å². The third kappa shape index (κ3) is 4.17. The fourth-order valence-corrected chi connectivity index (χ4v) is 3.01. The van der Waals surface area contributed by atoms with Gasteiger partial charge >= 0.3 is 0 Å². The number of aromatic nitrogens is 2. The van der Waals surface area contributed by atoms with Crippen LogP contribution in [0.15, 0.2) is 47.6 Å². The van der Waals surface area contributed by atoms with E-state index in [2.05, 4.69) is 10.3 Å². The van der Waals surface area contributed by atoms with Gasteiger partial charge in [-0.3, -0.25) is 4.79 Å². The number of hydrogen-bond donors (Lipinski definition) is 1. The van der Waals surface area contributed by atoms with Gasteiger partial charge in [0.25, 0.3) is 5.76 Å². The zero-order valence-corrected chi connectivity index (χ0v) is 14.6. The van der Waals surface area contributed by atoms with Gasteiger partial charge in [-0.05, 0) is 61.4 Å². The molecule has 0 saturated heterocycles. The first-order chi connectivity index (χ1) is 11.9. The molecule has 0 bridgehead atoms. The molecule has 1 N–H and O–H groups in total. The van der Waals surface area contributed by atoms with Crippen LogP contribution in [0, 0.1) is 13.8 Å². The molecule has 4 nitrogen and oxygen atoms in total. The van der Waals surface area contributed by atoms with Crippen molar-refractivity contribution >= 4 is 34.4 Å². The molecule has 7 heteroatoms. The Morgan fingerprint density at radius 2 is 1.88 bits per heavy atom. The second-order valence-electron chi connectivity index (χ2n) is 5.75. The maximum atomic E-state index is 12.3. The molecule has 0 aliphatic carbocycles. The van der Waals surface area contributed by atoms with Gasteiger partial charge in [0.15, 0.2) is 0 Å². The lowest BCUT2D eigenvalue weighted by molar-refractivity contribution is -0.116. The highest BCUT2D eigenvalue weighted by atomic mass is 32.2. The van der Waals surface area contributed by atoms with Crippen molar-refractivity contribution in [1.29, 1.82) is 0 Å². The van der Waals surface area contributed by atoms with Crippen LogP contribution in [0.4, 0.5) is 14.5 Å². The Morgan fingerprint density at radius 1 is 1.20 bits per heavy atom. The summed E-state index contributed by atoms with van der Waals surface area (Å²) in [5.41, 5.74) is 4.62. The molecule has 1 aromatic heterocycles. The summed E-state index contributed by atoms with van der Waals surface area (Å²) < 4.78 is 26.4. The summed E-state index contributed by atoms with van der Waals surface area (Å²) in [4.78, 5) is 17.0. The molecule has 0 aliphatic rings. The maximum absolute atomic E-state index is 12.3. The predicted molar refractivity (Wildman–Crippen MR) is 96.1 cm³/mol. The van der Waals surface area contributed by atoms with Crippen LogP contribution in [0.1, 0.15) is 11.1 Å². The van der Waals surface area contributed by atoms with E-state index >= 15 is 0 Å². The number of carbonyl (C=O) groups excluding carboxylic acids is 1. The Bertz CT molecular complexity index is 907. The lowest BCUT2D eigenvalue weighted by Gasteiger charge is -2.08. The van der Waals surface area contributed by atoms with Crippen LogP contribution in [0.3, 0.4) is 0 Å². The summed E-state index contributed by atoms with van der Waals surface area (Å²) >= 11 is 0.475. The summed E-state index contributed by atoms with van der Waals surface area (Å²) in [7, 11) is 0. The highest BCUT2D eigenvalue weighted by Crippen LogP contribution is 2.26. The minimum atomic E-state index is -2.46. The summed E-state index contributed by atoms with van der Waals surface area (Å²) in [6.07, 6.45) is 1.64. The number of fused-ring (bicyclic) bond motifs is 1. The molecule has 2 aromatic carbocycles. The van der Waals surface area contributed by atoms with E-state index in [1.165, 1.54) is 0 Å². The monoisotopic (exact) mass is 361 g/mol. The standard InChI is InChI=1S/C18H17F2N3OS/c1-11-7-15-16(8-12(11)2)23(10-21-15)9-17(24)22-13-3-5-14(6-4-13)25-18(19)20/h3-8,10,18H,9H2,1-2H3,(H,22,24). The highest BCUT2D eigenvalue weighted by molar-refractivity contribution is 7.99. The first-order valence-electron chi connectivity index (χ1n) is 7.69. The van der Waals surface area contributed by atoms with E-state index in [4.69, 9.17) is 0 Å². The Balaban J connectivity index is 1.69. The molecule has 25 heavy (non-hydrogen) atoms. The average Bonchev–Trinajstić information content (AvgIpc) is 2.91. The lowest BCUT2D eigenvalue weighted by atomic mass is 10.1. The number of aryl methyl sites for hydroxylation is 2. The topological polar surface area (TPSA) is 46.9 Å². The van der Waals surface area contributed by atoms with Crippen molar-refractivity contribution in [3.63, 3.8) is 0 Å². The zero-order valence-electron chi connectivity index (χ0n) is 13.8. The molecule has 0 aliphatic heterocycles. The van der Waals surface area contributed by atoms with Crippen LogP contribution in [0.2, 0.25) is 0 Å². The fraction of sp³-hybridized carbons (Fsp3) is 0.222. The van der Waals surface area contributed by atoms with Crippen molar-refractivity contribution in [1.82, 2.24) is 9.55 Å². The Morgan fingerprint density at radius 3 is 2.56 bits per heavy atom. The van der Waals surface area contributed by atoms with Crippen LogP contribution < -0.4 is 5.32 Å². The maximum Gasteiger partial charge on any atom is 0.288 e. The molecule has 0 spiro atoms. The number of nitrogens with zero attached hydrogens (tertiary/aromatic N) is 2. The number of amides is 1. The van der Waals surface area contributed by atoms with Crippen LogP contribution in [-0.2, 0) is 11.3 Å². The second kappa shape index (κ2) is 7.23. The third-order valence-electron chi connectivity index (χ3n) is 3.91. The number of carbonyl (C=O) groups is 1. The van der Waals surface area contributed by atoms with E-state index in [1.54, 1.807) is 35.2 Å². The molecular weight excluding hydrogens is 344 g/mol. The quantitative estimate of drug-likeness (QED) is 0.675. The summed E-state index contributed by atoms with van der Waals surface area (Å²) in [6, 6.07) is 10.4. The smallest absolute Gasteiger partial charge is 0.288 e. The molecule has 0 radical (unpaired) electrons. The van der Waals surface area contributed by atoms with E-state index in [-0.39, 0.29) is 12.5 Å². The van der Waals surface area contributed by atoms with Gasteiger partial charge < -0.3 is 9.88 Å². The van der Waals surface area contributed by atoms with Crippen molar-refractivity contribution in [2.45, 2.75) is 31.0 Å². The molecule has 1 amide bonds. The zero-order chi connectivity index (χ0) is 18.0. The van der Waals surface area contributed by atoms with Crippen molar-refractivity contribution in [2.75, 3.05) is 5.32 Å². The molecule has 3 aromatic rings. The Kier molecular flexibility index (Phi) is 5.03. The molecule has 0 fully saturated rings. The third-order valence-corrected chi connectivity index (χ3v) is 4.64. The van der Waals surface area contributed by atoms with Crippen LogP contribution in [-0.4, -0.2) is 21.2 Å². The lowest BCUT2D eigenvalue weighted by Crippen LogP contribution is -2.18. The molecule has 0 unspecified atom stereocenters. The Hall–Kier alpha value is -2.41. The van der Waals surface area contributed by atoms with Crippen molar-refractivity contribution < 1.29 is 13.6 Å². The number of alkyl halides is 2. The van der Waals surface area contributed by atoms with Crippen LogP contribution in [0.25, 0.3) is 11.0 Å². The first-order valence-corrected chi connectivity index (χ1v) is 8.57. The molecule has 3 rings (SSSR count). The van der Waals surface area contributed by atoms with E-state index in [1.807, 2.05) is 26.0 Å². The number of imidazole rings is 1. The van der Waals surface area contributed by atoms with Gasteiger partial charge in [0.05, 0.1) is 17.4 Å². The van der Waals surface area contributed by atoms with Gasteiger partial charge in [-0.2, -0.15) is 8.78 Å². The average molecular weight is 361 g/mol. The number of nitrogens with one attached hydrogen (secondary N) is 1. The highest BCUT2D eigenvalue weighted by Gasteiger charge is 2.10. The number of hydrogen-bond acceptors (Lipinski definition) is 3. The normalized spacial score (nSPS) is 11.2. The van der Waals surface area contributed by atoms with E-state index in [9.17, 15) is 13.6 Å². The van der Waals surface area contributed by atoms with Crippen LogP contribution >= 0.6 is 11.8 Å². The molecule has 0 saturated carbocycles. The molecule has 130 valence electrons. The van der Waals surface area contributed by atoms with Crippen molar-refractivity contribution in [2.24, 2.45) is 0 Å². The number of benzene rings is 2. The summed E-state index contributed by atoms with van der Waals surface area (Å²) in [5, 5.41) is 2.77. The molecular formula is C18H17F2N3OS. The molecule has 0 atom stereocenters. The van der Waals surface area contributed by atoms with Gasteiger partial charge in [0, 0.05) is 10.6 Å². The Labute approximate surface area is 148 Å². The van der Waals surface area contributed by atoms with Gasteiger partial charge in [0.2, 0.25) is 5.91 Å². The van der Waals surface area contributed by atoms with E-state index in [0.29, 0.717) is 22.3 Å². The minimum Gasteiger partial charge on any atom is -0.325 e. The largest absolute Gasteiger partial charge is 0.325 e. The van der Waals surface area contributed by atoms with E-state index < -0.39 is 5.76 Å². The van der Waals surface area contributed by atoms with Crippen molar-refractivity contribution in [3.8, 4) is 0 Å². The SMILES string of the molecule is Cc1cc2ncn(CC(=O)Nc3ccc(SC(F)F)cc3)c2cc1C. The number of rotatable bonds is 5. The molecule has 1 heterocycles. The minimum absolute atomic E-state index is 0.131. The fourth-order valence-electron chi connectivity index (χ4n) is 2.51. The van der Waals surface area contributed by atoms with Gasteiger partial charge in [-0.25, -0.2) is 4.98 Å². The van der Waals surface area contributed by atoms with E-state index in [0.717, 1.165) is 22.2 Å². The predicted octanol–water partition coefficient (Wildman–Crippen LogP) is 4.61. The second-order valence-corrected chi connectivity index (χ2v) is 6.81. The number of anilines is 1. The van der Waals surface area contributed by atoms with Gasteiger partial charge in [-0.1, -0.05) is 11.8 Å². The van der Waals surface area contributed by atoms with Crippen LogP contribution in [0.5, 0.6) is 0 Å². The van der Waals surface area contributed by atoms with Gasteiger partial charge in [-0.15, -0.1) is 0 Å². The number of thioether (sulfide) groups is 1. The first kappa shape index (κ1) is 17.4. The summed E-state index contributed by atoms with van der Waals surface area (Å²) in [6.45, 7) is 4.17. The number of halogens is 2.